The summed E-state index contributed by atoms with van der Waals surface area (Å²) in [6.07, 6.45) is 1.99. The Labute approximate surface area is 183 Å². The topological polar surface area (TPSA) is 129 Å². The number of nitrogens with zero attached hydrogens (tertiary/aromatic N) is 3. The van der Waals surface area contributed by atoms with E-state index in [4.69, 9.17) is 10.0 Å². The molecule has 1 fully saturated rings. The molecule has 12 heteroatoms. The highest BCUT2D eigenvalue weighted by molar-refractivity contribution is 9.10. The van der Waals surface area contributed by atoms with Crippen LogP contribution in [0.15, 0.2) is 32.7 Å². The Bertz CT molecular complexity index is 1080. The Kier molecular flexibility index (Phi) is 6.16. The number of amides is 1. The van der Waals surface area contributed by atoms with Crippen LogP contribution in [0.3, 0.4) is 0 Å². The molecule has 3 heterocycles. The first-order valence-electron chi connectivity index (χ1n) is 9.12. The van der Waals surface area contributed by atoms with Crippen molar-refractivity contribution in [1.29, 1.82) is 5.41 Å². The van der Waals surface area contributed by atoms with Gasteiger partial charge in [-0.15, -0.1) is 11.3 Å². The van der Waals surface area contributed by atoms with Crippen molar-refractivity contribution in [3.8, 4) is 0 Å². The lowest BCUT2D eigenvalue weighted by molar-refractivity contribution is 0.102. The Morgan fingerprint density at radius 3 is 2.87 bits per heavy atom. The first kappa shape index (κ1) is 20.6. The van der Waals surface area contributed by atoms with E-state index in [9.17, 15) is 9.18 Å². The number of piperidine rings is 1. The van der Waals surface area contributed by atoms with Crippen molar-refractivity contribution in [2.75, 3.05) is 23.7 Å². The third-order valence-corrected chi connectivity index (χ3v) is 6.20. The van der Waals surface area contributed by atoms with E-state index in [1.807, 2.05) is 0 Å². The van der Waals surface area contributed by atoms with E-state index in [1.165, 1.54) is 29.5 Å². The summed E-state index contributed by atoms with van der Waals surface area (Å²) >= 11 is 4.55. The molecule has 156 valence electrons. The molecule has 3 aromatic rings. The van der Waals surface area contributed by atoms with Gasteiger partial charge in [0.25, 0.3) is 5.91 Å². The zero-order valence-corrected chi connectivity index (χ0v) is 17.9. The van der Waals surface area contributed by atoms with Crippen LogP contribution in [0.5, 0.6) is 0 Å². The maximum atomic E-state index is 13.4. The summed E-state index contributed by atoms with van der Waals surface area (Å²) < 4.78 is 18.3. The molecule has 1 aliphatic heterocycles. The summed E-state index contributed by atoms with van der Waals surface area (Å²) in [6.45, 7) is 1.89. The van der Waals surface area contributed by atoms with Crippen LogP contribution in [0, 0.1) is 11.2 Å². The average molecular weight is 494 g/mol. The van der Waals surface area contributed by atoms with Gasteiger partial charge in [-0.3, -0.25) is 10.2 Å². The lowest BCUT2D eigenvalue weighted by Gasteiger charge is -2.20. The minimum Gasteiger partial charge on any atom is -0.339 e. The van der Waals surface area contributed by atoms with Crippen molar-refractivity contribution >= 4 is 50.5 Å². The molecular formula is C18H17BrFN7O2S. The van der Waals surface area contributed by atoms with Crippen molar-refractivity contribution < 1.29 is 13.8 Å². The van der Waals surface area contributed by atoms with E-state index in [0.29, 0.717) is 11.6 Å². The molecule has 4 N–H and O–H groups in total. The number of halogens is 2. The zero-order valence-electron chi connectivity index (χ0n) is 15.5. The molecule has 30 heavy (non-hydrogen) atoms. The molecule has 2 aromatic heterocycles. The van der Waals surface area contributed by atoms with Gasteiger partial charge in [-0.25, -0.2) is 14.0 Å². The van der Waals surface area contributed by atoms with Gasteiger partial charge in [0.15, 0.2) is 11.5 Å². The van der Waals surface area contributed by atoms with E-state index < -0.39 is 11.7 Å². The predicted octanol–water partition coefficient (Wildman–Crippen LogP) is 3.58. The number of carbonyl (C=O) groups is 1. The third-order valence-electron chi connectivity index (χ3n) is 4.59. The number of benzene rings is 1. The molecule has 0 bridgehead atoms. The SMILES string of the molecule is N=C(Nc1ccc(F)c(Br)c1)c1nonc1NC(=O)c1csc(C2CCNCC2)n1. The van der Waals surface area contributed by atoms with Gasteiger partial charge in [-0.2, -0.15) is 0 Å². The predicted molar refractivity (Wildman–Crippen MR) is 114 cm³/mol. The molecule has 1 amide bonds. The lowest BCUT2D eigenvalue weighted by atomic mass is 9.99. The highest BCUT2D eigenvalue weighted by Gasteiger charge is 2.23. The van der Waals surface area contributed by atoms with Crippen molar-refractivity contribution in [3.63, 3.8) is 0 Å². The highest BCUT2D eigenvalue weighted by Crippen LogP contribution is 2.28. The fourth-order valence-electron chi connectivity index (χ4n) is 3.03. The highest BCUT2D eigenvalue weighted by atomic mass is 79.9. The standard InChI is InChI=1S/C18H17BrFN7O2S/c19-11-7-10(1-2-12(11)20)23-15(21)14-16(27-29-26-14)25-17(28)13-8-30-18(24-13)9-3-5-22-6-4-9/h1-2,7-9,22H,3-6H2,(H2,21,23)(H,25,27,28). The molecule has 4 rings (SSSR count). The minimum absolute atomic E-state index is 0.00454. The van der Waals surface area contributed by atoms with Crippen LogP contribution in [0.2, 0.25) is 0 Å². The number of anilines is 2. The van der Waals surface area contributed by atoms with Crippen molar-refractivity contribution in [3.05, 3.63) is 50.3 Å². The second kappa shape index (κ2) is 8.98. The molecule has 0 atom stereocenters. The third kappa shape index (κ3) is 4.55. The lowest BCUT2D eigenvalue weighted by Crippen LogP contribution is -2.26. The molecule has 9 nitrogen and oxygen atoms in total. The number of amidine groups is 1. The van der Waals surface area contributed by atoms with Crippen molar-refractivity contribution in [1.82, 2.24) is 20.6 Å². The maximum absolute atomic E-state index is 13.4. The van der Waals surface area contributed by atoms with E-state index in [-0.39, 0.29) is 27.5 Å². The van der Waals surface area contributed by atoms with Crippen LogP contribution >= 0.6 is 27.3 Å². The van der Waals surface area contributed by atoms with Gasteiger partial charge in [0.1, 0.15) is 11.5 Å². The number of rotatable bonds is 5. The fourth-order valence-corrected chi connectivity index (χ4v) is 4.38. The Morgan fingerprint density at radius 2 is 2.10 bits per heavy atom. The molecular weight excluding hydrogens is 477 g/mol. The second-order valence-electron chi connectivity index (χ2n) is 6.64. The molecule has 0 spiro atoms. The van der Waals surface area contributed by atoms with Gasteiger partial charge in [0.05, 0.1) is 9.48 Å². The van der Waals surface area contributed by atoms with Gasteiger partial charge in [-0.1, -0.05) is 0 Å². The van der Waals surface area contributed by atoms with Crippen LogP contribution in [-0.2, 0) is 0 Å². The van der Waals surface area contributed by atoms with Crippen molar-refractivity contribution in [2.45, 2.75) is 18.8 Å². The maximum Gasteiger partial charge on any atom is 0.276 e. The monoisotopic (exact) mass is 493 g/mol. The molecule has 0 saturated carbocycles. The van der Waals surface area contributed by atoms with E-state index in [0.717, 1.165) is 30.9 Å². The van der Waals surface area contributed by atoms with E-state index in [2.05, 4.69) is 47.2 Å². The number of nitrogens with one attached hydrogen (secondary N) is 4. The molecule has 1 aromatic carbocycles. The first-order chi connectivity index (χ1) is 14.5. The number of aromatic nitrogens is 3. The first-order valence-corrected chi connectivity index (χ1v) is 10.8. The van der Waals surface area contributed by atoms with Crippen LogP contribution in [0.4, 0.5) is 15.9 Å². The van der Waals surface area contributed by atoms with Gasteiger partial charge in [0, 0.05) is 17.0 Å². The largest absolute Gasteiger partial charge is 0.339 e. The number of carbonyl (C=O) groups excluding carboxylic acids is 1. The van der Waals surface area contributed by atoms with E-state index >= 15 is 0 Å². The molecule has 0 aliphatic carbocycles. The van der Waals surface area contributed by atoms with Crippen molar-refractivity contribution in [2.24, 2.45) is 0 Å². The van der Waals surface area contributed by atoms with Gasteiger partial charge in [0.2, 0.25) is 5.82 Å². The van der Waals surface area contributed by atoms with Gasteiger partial charge < -0.3 is 16.0 Å². The summed E-state index contributed by atoms with van der Waals surface area (Å²) in [4.78, 5) is 17.1. The summed E-state index contributed by atoms with van der Waals surface area (Å²) in [5, 5.41) is 26.8. The molecule has 0 radical (unpaired) electrons. The number of thiazole rings is 1. The van der Waals surface area contributed by atoms with Crippen LogP contribution < -0.4 is 16.0 Å². The summed E-state index contributed by atoms with van der Waals surface area (Å²) in [5.74, 6) is -0.695. The quantitative estimate of drug-likeness (QED) is 0.315. The summed E-state index contributed by atoms with van der Waals surface area (Å²) in [5.41, 5.74) is 0.752. The average Bonchev–Trinajstić information content (AvgIpc) is 3.41. The Morgan fingerprint density at radius 1 is 1.30 bits per heavy atom. The number of hydrogen-bond acceptors (Lipinski definition) is 8. The zero-order chi connectivity index (χ0) is 21.1. The smallest absolute Gasteiger partial charge is 0.276 e. The minimum atomic E-state index is -0.458. The Balaban J connectivity index is 1.44. The second-order valence-corrected chi connectivity index (χ2v) is 8.38. The fraction of sp³-hybridized carbons (Fsp3) is 0.278. The van der Waals surface area contributed by atoms with Gasteiger partial charge >= 0.3 is 0 Å². The summed E-state index contributed by atoms with van der Waals surface area (Å²) in [7, 11) is 0. The normalized spacial score (nSPS) is 14.5. The Hall–Kier alpha value is -2.70. The number of hydrogen-bond donors (Lipinski definition) is 4. The van der Waals surface area contributed by atoms with E-state index in [1.54, 1.807) is 5.38 Å². The molecule has 0 unspecified atom stereocenters. The van der Waals surface area contributed by atoms with Crippen LogP contribution in [0.1, 0.15) is 39.9 Å². The van der Waals surface area contributed by atoms with Crippen LogP contribution in [-0.4, -0.2) is 40.1 Å². The van der Waals surface area contributed by atoms with Gasteiger partial charge in [-0.05, 0) is 70.4 Å². The molecule has 1 saturated heterocycles. The molecule has 1 aliphatic rings. The van der Waals surface area contributed by atoms with Crippen LogP contribution in [0.25, 0.3) is 0 Å². The summed E-state index contributed by atoms with van der Waals surface area (Å²) in [6, 6.07) is 4.21.